The molecule has 5 heteroatoms. The van der Waals surface area contributed by atoms with Crippen LogP contribution in [0.25, 0.3) is 0 Å². The van der Waals surface area contributed by atoms with Crippen LogP contribution in [-0.2, 0) is 4.74 Å². The number of nitrogens with two attached hydrogens (primary N) is 1. The van der Waals surface area contributed by atoms with Crippen LogP contribution in [0.5, 0.6) is 0 Å². The fourth-order valence-corrected chi connectivity index (χ4v) is 3.61. The van der Waals surface area contributed by atoms with Crippen LogP contribution >= 0.6 is 24.8 Å². The van der Waals surface area contributed by atoms with Crippen LogP contribution in [-0.4, -0.2) is 43.3 Å². The Bertz CT molecular complexity index is 223. The first kappa shape index (κ1) is 15.5. The molecule has 3 rings (SSSR count). The Morgan fingerprint density at radius 2 is 1.65 bits per heavy atom. The average molecular weight is 283 g/mol. The van der Waals surface area contributed by atoms with E-state index in [2.05, 4.69) is 4.90 Å². The number of nitrogens with zero attached hydrogens (tertiary/aromatic N) is 1. The SMILES string of the molecule is Cl.Cl.NC1[C@@H]2CC[C@H]1CN(C1CCCOC1)C2. The van der Waals surface area contributed by atoms with Gasteiger partial charge in [-0.3, -0.25) is 4.90 Å². The van der Waals surface area contributed by atoms with Gasteiger partial charge in [-0.2, -0.15) is 0 Å². The molecule has 0 spiro atoms. The number of halogens is 2. The van der Waals surface area contributed by atoms with E-state index in [1.807, 2.05) is 0 Å². The molecule has 0 aromatic heterocycles. The third-order valence-electron chi connectivity index (χ3n) is 4.59. The molecule has 2 aliphatic heterocycles. The predicted molar refractivity (Wildman–Crippen MR) is 74.1 cm³/mol. The summed E-state index contributed by atoms with van der Waals surface area (Å²) in [6, 6.07) is 1.18. The molecule has 2 unspecified atom stereocenters. The largest absolute Gasteiger partial charge is 0.380 e. The molecule has 17 heavy (non-hydrogen) atoms. The van der Waals surface area contributed by atoms with Crippen molar-refractivity contribution in [3.63, 3.8) is 0 Å². The molecule has 0 amide bonds. The highest BCUT2D eigenvalue weighted by Gasteiger charge is 2.41. The van der Waals surface area contributed by atoms with Gasteiger partial charge >= 0.3 is 0 Å². The lowest BCUT2D eigenvalue weighted by atomic mass is 9.91. The van der Waals surface area contributed by atoms with Crippen LogP contribution in [0.2, 0.25) is 0 Å². The third kappa shape index (κ3) is 3.07. The van der Waals surface area contributed by atoms with Gasteiger partial charge in [-0.1, -0.05) is 0 Å². The topological polar surface area (TPSA) is 38.5 Å². The van der Waals surface area contributed by atoms with Gasteiger partial charge in [0.2, 0.25) is 0 Å². The molecule has 3 nitrogen and oxygen atoms in total. The molecular weight excluding hydrogens is 259 g/mol. The minimum Gasteiger partial charge on any atom is -0.380 e. The van der Waals surface area contributed by atoms with E-state index in [9.17, 15) is 0 Å². The lowest BCUT2D eigenvalue weighted by Gasteiger charge is -2.42. The number of ether oxygens (including phenoxy) is 1. The molecule has 4 atom stereocenters. The highest BCUT2D eigenvalue weighted by atomic mass is 35.5. The van der Waals surface area contributed by atoms with Crippen LogP contribution in [0.3, 0.4) is 0 Å². The zero-order valence-electron chi connectivity index (χ0n) is 10.2. The summed E-state index contributed by atoms with van der Waals surface area (Å²) in [6.45, 7) is 4.38. The summed E-state index contributed by atoms with van der Waals surface area (Å²) in [5.74, 6) is 1.54. The summed E-state index contributed by atoms with van der Waals surface area (Å²) >= 11 is 0. The summed E-state index contributed by atoms with van der Waals surface area (Å²) < 4.78 is 5.58. The molecular formula is C12H24Cl2N2O. The molecule has 2 N–H and O–H groups in total. The Hall–Kier alpha value is 0.460. The predicted octanol–water partition coefficient (Wildman–Crippen LogP) is 1.68. The summed E-state index contributed by atoms with van der Waals surface area (Å²) in [7, 11) is 0. The van der Waals surface area contributed by atoms with Gasteiger partial charge in [0.05, 0.1) is 6.61 Å². The van der Waals surface area contributed by atoms with Crippen molar-refractivity contribution in [2.45, 2.75) is 37.8 Å². The number of likely N-dealkylation sites (tertiary alicyclic amines) is 1. The van der Waals surface area contributed by atoms with E-state index in [4.69, 9.17) is 10.5 Å². The van der Waals surface area contributed by atoms with Crippen molar-refractivity contribution in [1.29, 1.82) is 0 Å². The van der Waals surface area contributed by atoms with Gasteiger partial charge in [0.15, 0.2) is 0 Å². The second-order valence-electron chi connectivity index (χ2n) is 5.50. The van der Waals surface area contributed by atoms with Gasteiger partial charge in [-0.05, 0) is 37.5 Å². The summed E-state index contributed by atoms with van der Waals surface area (Å²) in [4.78, 5) is 2.66. The van der Waals surface area contributed by atoms with Gasteiger partial charge in [-0.25, -0.2) is 0 Å². The first-order valence-electron chi connectivity index (χ1n) is 6.42. The maximum absolute atomic E-state index is 6.22. The van der Waals surface area contributed by atoms with Gasteiger partial charge in [-0.15, -0.1) is 24.8 Å². The lowest BCUT2D eigenvalue weighted by molar-refractivity contribution is -0.00416. The smallest absolute Gasteiger partial charge is 0.0621 e. The van der Waals surface area contributed by atoms with Crippen molar-refractivity contribution in [2.75, 3.05) is 26.3 Å². The number of rotatable bonds is 1. The normalized spacial score (nSPS) is 41.5. The van der Waals surface area contributed by atoms with Crippen molar-refractivity contribution in [3.05, 3.63) is 0 Å². The number of fused-ring (bicyclic) bond motifs is 2. The highest BCUT2D eigenvalue weighted by Crippen LogP contribution is 2.37. The average Bonchev–Trinajstić information content (AvgIpc) is 2.54. The number of hydrogen-bond acceptors (Lipinski definition) is 3. The van der Waals surface area contributed by atoms with Gasteiger partial charge in [0, 0.05) is 31.8 Å². The summed E-state index contributed by atoms with van der Waals surface area (Å²) in [5, 5.41) is 0. The highest BCUT2D eigenvalue weighted by molar-refractivity contribution is 5.85. The molecule has 0 aromatic carbocycles. The molecule has 3 fully saturated rings. The van der Waals surface area contributed by atoms with Crippen molar-refractivity contribution in [1.82, 2.24) is 4.90 Å². The quantitative estimate of drug-likeness (QED) is 0.795. The zero-order chi connectivity index (χ0) is 10.3. The summed E-state index contributed by atoms with van der Waals surface area (Å²) in [6.07, 6.45) is 5.28. The Kier molecular flexibility index (Phi) is 6.00. The molecule has 3 aliphatic rings. The first-order valence-corrected chi connectivity index (χ1v) is 6.42. The van der Waals surface area contributed by atoms with Gasteiger partial charge in [0.25, 0.3) is 0 Å². The molecule has 2 heterocycles. The standard InChI is InChI=1S/C12H22N2O.2ClH/c13-12-9-3-4-10(12)7-14(6-9)11-2-1-5-15-8-11;;/h9-12H,1-8,13H2;2*1H/t9-,10+,11?,12?;;. The number of hydrogen-bond donors (Lipinski definition) is 1. The molecule has 1 aliphatic carbocycles. The monoisotopic (exact) mass is 282 g/mol. The Morgan fingerprint density at radius 3 is 2.18 bits per heavy atom. The molecule has 1 saturated carbocycles. The van der Waals surface area contributed by atoms with Crippen molar-refractivity contribution < 1.29 is 4.74 Å². The molecule has 2 saturated heterocycles. The maximum atomic E-state index is 6.22. The first-order chi connectivity index (χ1) is 7.34. The minimum absolute atomic E-state index is 0. The van der Waals surface area contributed by atoms with Gasteiger partial charge in [0.1, 0.15) is 0 Å². The fraction of sp³-hybridized carbons (Fsp3) is 1.00. The third-order valence-corrected chi connectivity index (χ3v) is 4.59. The maximum Gasteiger partial charge on any atom is 0.0621 e. The van der Waals surface area contributed by atoms with Crippen molar-refractivity contribution in [3.8, 4) is 0 Å². The minimum atomic E-state index is 0. The van der Waals surface area contributed by atoms with E-state index in [1.54, 1.807) is 0 Å². The van der Waals surface area contributed by atoms with Crippen LogP contribution < -0.4 is 5.73 Å². The Morgan fingerprint density at radius 1 is 1.00 bits per heavy atom. The molecule has 102 valence electrons. The second-order valence-corrected chi connectivity index (χ2v) is 5.50. The molecule has 0 radical (unpaired) electrons. The van der Waals surface area contributed by atoms with Crippen LogP contribution in [0.1, 0.15) is 25.7 Å². The van der Waals surface area contributed by atoms with Crippen LogP contribution in [0, 0.1) is 11.8 Å². The molecule has 0 aromatic rings. The summed E-state index contributed by atoms with van der Waals surface area (Å²) in [5.41, 5.74) is 6.22. The lowest BCUT2D eigenvalue weighted by Crippen LogP contribution is -2.53. The van der Waals surface area contributed by atoms with E-state index < -0.39 is 0 Å². The van der Waals surface area contributed by atoms with Crippen molar-refractivity contribution >= 4 is 24.8 Å². The molecule has 2 bridgehead atoms. The second kappa shape index (κ2) is 6.58. The Labute approximate surface area is 116 Å². The van der Waals surface area contributed by atoms with Crippen LogP contribution in [0.4, 0.5) is 0 Å². The van der Waals surface area contributed by atoms with E-state index in [1.165, 1.54) is 38.8 Å². The van der Waals surface area contributed by atoms with E-state index in [0.717, 1.165) is 25.0 Å². The zero-order valence-corrected chi connectivity index (χ0v) is 11.8. The van der Waals surface area contributed by atoms with E-state index in [0.29, 0.717) is 12.1 Å². The fourth-order valence-electron chi connectivity index (χ4n) is 3.61. The van der Waals surface area contributed by atoms with E-state index >= 15 is 0 Å². The van der Waals surface area contributed by atoms with Crippen LogP contribution in [0.15, 0.2) is 0 Å². The Balaban J connectivity index is 0.000000722. The van der Waals surface area contributed by atoms with Crippen molar-refractivity contribution in [2.24, 2.45) is 17.6 Å². The number of piperidine rings is 1. The van der Waals surface area contributed by atoms with E-state index in [-0.39, 0.29) is 24.8 Å². The van der Waals surface area contributed by atoms with Gasteiger partial charge < -0.3 is 10.5 Å².